The Labute approximate surface area is 160 Å². The number of ketones is 1. The van der Waals surface area contributed by atoms with Gasteiger partial charge >= 0.3 is 12.1 Å². The van der Waals surface area contributed by atoms with Gasteiger partial charge in [-0.25, -0.2) is 0 Å². The number of hydrogen-bond acceptors (Lipinski definition) is 4. The van der Waals surface area contributed by atoms with E-state index in [0.29, 0.717) is 13.0 Å². The van der Waals surface area contributed by atoms with Crippen molar-refractivity contribution in [1.82, 2.24) is 15.5 Å². The zero-order valence-electron chi connectivity index (χ0n) is 15.1. The van der Waals surface area contributed by atoms with Gasteiger partial charge in [0.15, 0.2) is 5.78 Å². The molecule has 1 saturated heterocycles. The van der Waals surface area contributed by atoms with Crippen LogP contribution in [0.4, 0.5) is 13.2 Å². The number of amides is 3. The normalized spacial score (nSPS) is 18.2. The molecule has 1 heterocycles. The molecule has 1 fully saturated rings. The zero-order chi connectivity index (χ0) is 20.8. The van der Waals surface area contributed by atoms with Crippen LogP contribution in [0.5, 0.6) is 0 Å². The fourth-order valence-electron chi connectivity index (χ4n) is 2.70. The number of halogens is 4. The van der Waals surface area contributed by atoms with E-state index in [-0.39, 0.29) is 24.8 Å². The third-order valence-electron chi connectivity index (χ3n) is 4.08. The topological polar surface area (TPSA) is 95.6 Å². The largest absolute Gasteiger partial charge is 0.471 e. The molecule has 0 bridgehead atoms. The summed E-state index contributed by atoms with van der Waals surface area (Å²) in [7, 11) is 0. The molecule has 3 amide bonds. The van der Waals surface area contributed by atoms with Gasteiger partial charge in [-0.15, -0.1) is 11.6 Å². The second-order valence-electron chi connectivity index (χ2n) is 6.80. The van der Waals surface area contributed by atoms with E-state index in [9.17, 15) is 32.3 Å². The van der Waals surface area contributed by atoms with E-state index in [2.05, 4.69) is 5.32 Å². The van der Waals surface area contributed by atoms with Crippen molar-refractivity contribution in [1.29, 1.82) is 0 Å². The third-order valence-corrected chi connectivity index (χ3v) is 4.30. The second-order valence-corrected chi connectivity index (χ2v) is 7.07. The summed E-state index contributed by atoms with van der Waals surface area (Å²) in [4.78, 5) is 48.5. The summed E-state index contributed by atoms with van der Waals surface area (Å²) in [6.45, 7) is 3.21. The molecule has 0 spiro atoms. The molecule has 0 aliphatic carbocycles. The Balaban J connectivity index is 2.87. The quantitative estimate of drug-likeness (QED) is 0.548. The maximum atomic E-state index is 12.5. The van der Waals surface area contributed by atoms with Gasteiger partial charge < -0.3 is 15.5 Å². The van der Waals surface area contributed by atoms with E-state index in [1.54, 1.807) is 19.2 Å². The minimum Gasteiger partial charge on any atom is -0.356 e. The maximum absolute atomic E-state index is 12.5. The van der Waals surface area contributed by atoms with E-state index < -0.39 is 48.2 Å². The first-order valence-electron chi connectivity index (χ1n) is 8.47. The lowest BCUT2D eigenvalue weighted by Gasteiger charge is -2.27. The molecule has 2 N–H and O–H groups in total. The fraction of sp³-hybridized carbons (Fsp3) is 0.750. The molecule has 0 aromatic heterocycles. The molecular formula is C16H23ClF3N3O4. The number of hydrogen-bond donors (Lipinski definition) is 2. The lowest BCUT2D eigenvalue weighted by Crippen LogP contribution is -2.51. The van der Waals surface area contributed by atoms with Crippen LogP contribution >= 0.6 is 11.6 Å². The Morgan fingerprint density at radius 1 is 1.33 bits per heavy atom. The van der Waals surface area contributed by atoms with E-state index in [1.165, 1.54) is 0 Å². The van der Waals surface area contributed by atoms with Crippen LogP contribution in [0.25, 0.3) is 0 Å². The predicted octanol–water partition coefficient (Wildman–Crippen LogP) is 0.852. The molecule has 0 radical (unpaired) electrons. The Kier molecular flexibility index (Phi) is 8.52. The Hall–Kier alpha value is -1.84. The van der Waals surface area contributed by atoms with Crippen LogP contribution in [0.2, 0.25) is 0 Å². The second kappa shape index (κ2) is 9.91. The van der Waals surface area contributed by atoms with Gasteiger partial charge in [0, 0.05) is 13.1 Å². The minimum atomic E-state index is -5.12. The molecule has 154 valence electrons. The van der Waals surface area contributed by atoms with Gasteiger partial charge in [0.25, 0.3) is 0 Å². The smallest absolute Gasteiger partial charge is 0.356 e. The third kappa shape index (κ3) is 7.36. The van der Waals surface area contributed by atoms with E-state index in [0.717, 1.165) is 4.90 Å². The number of rotatable bonds is 9. The molecule has 2 atom stereocenters. The van der Waals surface area contributed by atoms with Crippen molar-refractivity contribution in [3.63, 3.8) is 0 Å². The molecule has 11 heteroatoms. The molecule has 7 nitrogen and oxygen atoms in total. The number of carbonyl (C=O) groups excluding carboxylic acids is 4. The Morgan fingerprint density at radius 3 is 2.41 bits per heavy atom. The van der Waals surface area contributed by atoms with Crippen molar-refractivity contribution in [2.24, 2.45) is 11.8 Å². The highest BCUT2D eigenvalue weighted by Crippen LogP contribution is 2.17. The maximum Gasteiger partial charge on any atom is 0.471 e. The van der Waals surface area contributed by atoms with E-state index >= 15 is 0 Å². The summed E-state index contributed by atoms with van der Waals surface area (Å²) in [6.07, 6.45) is -4.67. The number of Topliss-reactive ketones (excluding diaryl/α,β-unsaturated/α-hetero) is 1. The van der Waals surface area contributed by atoms with Gasteiger partial charge in [0.05, 0.1) is 18.5 Å². The Morgan fingerprint density at radius 2 is 1.96 bits per heavy atom. The summed E-state index contributed by atoms with van der Waals surface area (Å²) in [6, 6.07) is -1.40. The number of nitrogens with zero attached hydrogens (tertiary/aromatic N) is 1. The first kappa shape index (κ1) is 23.2. The van der Waals surface area contributed by atoms with Crippen molar-refractivity contribution >= 4 is 35.1 Å². The van der Waals surface area contributed by atoms with Crippen LogP contribution in [0.3, 0.4) is 0 Å². The van der Waals surface area contributed by atoms with Crippen LogP contribution < -0.4 is 10.6 Å². The van der Waals surface area contributed by atoms with Crippen molar-refractivity contribution < 1.29 is 32.3 Å². The van der Waals surface area contributed by atoms with Gasteiger partial charge in [-0.1, -0.05) is 13.8 Å². The molecule has 1 aliphatic rings. The summed E-state index contributed by atoms with van der Waals surface area (Å²) in [5.74, 6) is -4.98. The Bertz CT molecular complexity index is 584. The first-order chi connectivity index (χ1) is 12.5. The molecule has 1 aliphatic heterocycles. The van der Waals surface area contributed by atoms with Gasteiger partial charge in [-0.3, -0.25) is 19.2 Å². The SMILES string of the molecule is CC(C)C[C@H](NC(=O)C(F)(F)F)C(=O)CN(C[C@@H]1CCNC1=O)C(=O)CCl. The standard InChI is InChI=1S/C16H23ClF3N3O4/c1-9(2)5-11(22-15(27)16(18,19)20)12(24)8-23(13(25)6-17)7-10-3-4-21-14(10)26/h9-11H,3-8H2,1-2H3,(H,21,26)(H,22,27)/t10-,11-/m0/s1. The predicted molar refractivity (Wildman–Crippen MR) is 90.9 cm³/mol. The molecule has 0 saturated carbocycles. The fourth-order valence-corrected chi connectivity index (χ4v) is 2.87. The van der Waals surface area contributed by atoms with E-state index in [4.69, 9.17) is 11.6 Å². The summed E-state index contributed by atoms with van der Waals surface area (Å²) in [5, 5.41) is 4.29. The number of nitrogens with one attached hydrogen (secondary N) is 2. The van der Waals surface area contributed by atoms with Crippen molar-refractivity contribution in [3.05, 3.63) is 0 Å². The molecular weight excluding hydrogens is 391 g/mol. The first-order valence-corrected chi connectivity index (χ1v) is 9.01. The molecule has 0 unspecified atom stereocenters. The monoisotopic (exact) mass is 413 g/mol. The molecule has 0 aromatic rings. The lowest BCUT2D eigenvalue weighted by atomic mass is 9.99. The van der Waals surface area contributed by atoms with Gasteiger partial charge in [-0.2, -0.15) is 13.2 Å². The van der Waals surface area contributed by atoms with Gasteiger partial charge in [-0.05, 0) is 18.8 Å². The van der Waals surface area contributed by atoms with Crippen molar-refractivity contribution in [3.8, 4) is 0 Å². The van der Waals surface area contributed by atoms with Crippen LogP contribution in [-0.2, 0) is 19.2 Å². The minimum absolute atomic E-state index is 0.0204. The van der Waals surface area contributed by atoms with Crippen LogP contribution in [0.1, 0.15) is 26.7 Å². The van der Waals surface area contributed by atoms with Crippen molar-refractivity contribution in [2.75, 3.05) is 25.5 Å². The number of carbonyl (C=O) groups is 4. The molecule has 1 rings (SSSR count). The zero-order valence-corrected chi connectivity index (χ0v) is 15.8. The summed E-state index contributed by atoms with van der Waals surface area (Å²) < 4.78 is 37.6. The molecule has 0 aromatic carbocycles. The summed E-state index contributed by atoms with van der Waals surface area (Å²) >= 11 is 5.54. The highest BCUT2D eigenvalue weighted by Gasteiger charge is 2.41. The van der Waals surface area contributed by atoms with Gasteiger partial charge in [0.2, 0.25) is 11.8 Å². The highest BCUT2D eigenvalue weighted by molar-refractivity contribution is 6.27. The van der Waals surface area contributed by atoms with Crippen LogP contribution in [-0.4, -0.2) is 66.1 Å². The lowest BCUT2D eigenvalue weighted by molar-refractivity contribution is -0.174. The summed E-state index contributed by atoms with van der Waals surface area (Å²) in [5.41, 5.74) is 0. The average Bonchev–Trinajstić information content (AvgIpc) is 2.96. The number of alkyl halides is 4. The molecule has 27 heavy (non-hydrogen) atoms. The van der Waals surface area contributed by atoms with E-state index in [1.807, 2.05) is 0 Å². The van der Waals surface area contributed by atoms with Crippen LogP contribution in [0.15, 0.2) is 0 Å². The highest BCUT2D eigenvalue weighted by atomic mass is 35.5. The van der Waals surface area contributed by atoms with Crippen molar-refractivity contribution in [2.45, 2.75) is 38.9 Å². The average molecular weight is 414 g/mol. The van der Waals surface area contributed by atoms with Crippen LogP contribution in [0, 0.1) is 11.8 Å². The van der Waals surface area contributed by atoms with Gasteiger partial charge in [0.1, 0.15) is 5.88 Å².